The van der Waals surface area contributed by atoms with Crippen molar-refractivity contribution in [3.05, 3.63) is 137 Å². The molecule has 4 aromatic rings. The molecule has 8 rings (SSSR count). The van der Waals surface area contributed by atoms with Crippen LogP contribution in [0.1, 0.15) is 39.8 Å². The van der Waals surface area contributed by atoms with Gasteiger partial charge in [-0.1, -0.05) is 78.9 Å². The molecular weight excluding hydrogens is 521 g/mol. The van der Waals surface area contributed by atoms with E-state index in [9.17, 15) is 23.9 Å². The van der Waals surface area contributed by atoms with Gasteiger partial charge in [-0.15, -0.1) is 0 Å². The Morgan fingerprint density at radius 1 is 0.854 bits per heavy atom. The molecule has 4 aromatic carbocycles. The number of aliphatic hydroxyl groups excluding tert-OH is 1. The molecule has 2 bridgehead atoms. The number of aliphatic hydroxyl groups is 1. The predicted molar refractivity (Wildman–Crippen MR) is 149 cm³/mol. The van der Waals surface area contributed by atoms with Crippen molar-refractivity contribution in [1.29, 1.82) is 0 Å². The van der Waals surface area contributed by atoms with Gasteiger partial charge < -0.3 is 5.11 Å². The fourth-order valence-corrected chi connectivity index (χ4v) is 6.94. The highest BCUT2D eigenvalue weighted by Gasteiger charge is 2.68. The van der Waals surface area contributed by atoms with E-state index in [1.165, 1.54) is 30.5 Å². The van der Waals surface area contributed by atoms with Gasteiger partial charge in [-0.2, -0.15) is 5.10 Å². The Morgan fingerprint density at radius 2 is 1.44 bits per heavy atom. The lowest BCUT2D eigenvalue weighted by Crippen LogP contribution is -2.54. The van der Waals surface area contributed by atoms with Gasteiger partial charge in [0.25, 0.3) is 5.91 Å². The first-order chi connectivity index (χ1) is 19.9. The molecule has 1 saturated heterocycles. The van der Waals surface area contributed by atoms with Gasteiger partial charge in [0.1, 0.15) is 5.82 Å². The van der Waals surface area contributed by atoms with Gasteiger partial charge in [0.15, 0.2) is 6.10 Å². The maximum absolute atomic E-state index is 14.3. The van der Waals surface area contributed by atoms with E-state index in [0.29, 0.717) is 11.3 Å². The minimum Gasteiger partial charge on any atom is -0.378 e. The average molecular weight is 546 g/mol. The van der Waals surface area contributed by atoms with Crippen LogP contribution in [-0.4, -0.2) is 29.0 Å². The van der Waals surface area contributed by atoms with Crippen molar-refractivity contribution in [3.63, 3.8) is 0 Å². The summed E-state index contributed by atoms with van der Waals surface area (Å²) in [4.78, 5) is 42.3. The first-order valence-corrected chi connectivity index (χ1v) is 13.3. The highest BCUT2D eigenvalue weighted by atomic mass is 19.1. The molecule has 0 spiro atoms. The molecule has 41 heavy (non-hydrogen) atoms. The van der Waals surface area contributed by atoms with Crippen molar-refractivity contribution in [2.75, 3.05) is 4.90 Å². The summed E-state index contributed by atoms with van der Waals surface area (Å²) in [7, 11) is 0. The second-order valence-corrected chi connectivity index (χ2v) is 10.6. The maximum Gasteiger partial charge on any atom is 0.273 e. The molecule has 0 aromatic heterocycles. The van der Waals surface area contributed by atoms with Crippen LogP contribution in [0.4, 0.5) is 10.1 Å². The first kappa shape index (κ1) is 25.0. The Hall–Kier alpha value is -4.95. The third-order valence-corrected chi connectivity index (χ3v) is 8.58. The Bertz CT molecular complexity index is 1690. The SMILES string of the molecule is O=C(N/N=C\C12c3ccccc3C(c3ccccc31)[C@@H]1C(=O)N(c3ccc(F)cc3)C(=O)[C@H]12)[C@H](O)c1ccccc1. The molecule has 7 nitrogen and oxygen atoms in total. The first-order valence-electron chi connectivity index (χ1n) is 13.3. The van der Waals surface area contributed by atoms with E-state index in [-0.39, 0.29) is 11.8 Å². The standard InChI is InChI=1S/C33H24FN3O4/c34-20-14-16-21(17-15-20)37-31(40)27-26-22-10-4-6-12-24(22)33(28(27)32(37)41,25-13-7-5-11-23(25)26)18-35-36-30(39)29(38)19-8-2-1-3-9-19/h1-18,26-29,38H,(H,36,39)/b35-18-/t26?,27-,28-,29+,33?/m0/s1. The van der Waals surface area contributed by atoms with Crippen molar-refractivity contribution in [2.24, 2.45) is 16.9 Å². The number of hydrazone groups is 1. The second kappa shape index (κ2) is 9.31. The molecular formula is C33H24FN3O4. The van der Waals surface area contributed by atoms with Crippen LogP contribution < -0.4 is 10.3 Å². The predicted octanol–water partition coefficient (Wildman–Crippen LogP) is 4.21. The highest BCUT2D eigenvalue weighted by Crippen LogP contribution is 2.63. The van der Waals surface area contributed by atoms with Gasteiger partial charge in [-0.25, -0.2) is 14.7 Å². The fraction of sp³-hybridized carbons (Fsp3) is 0.152. The van der Waals surface area contributed by atoms with E-state index in [1.807, 2.05) is 48.5 Å². The number of amides is 3. The number of nitrogens with zero attached hydrogens (tertiary/aromatic N) is 2. The third kappa shape index (κ3) is 3.54. The summed E-state index contributed by atoms with van der Waals surface area (Å²) in [6.07, 6.45) is 0.0936. The number of benzene rings is 4. The average Bonchev–Trinajstić information content (AvgIpc) is 3.28. The van der Waals surface area contributed by atoms with Crippen molar-refractivity contribution >= 4 is 29.6 Å². The van der Waals surface area contributed by atoms with Crippen molar-refractivity contribution < 1.29 is 23.9 Å². The van der Waals surface area contributed by atoms with Gasteiger partial charge in [0, 0.05) is 12.1 Å². The highest BCUT2D eigenvalue weighted by molar-refractivity contribution is 6.25. The molecule has 3 atom stereocenters. The molecule has 3 aliphatic carbocycles. The van der Waals surface area contributed by atoms with Gasteiger partial charge in [-0.3, -0.25) is 14.4 Å². The summed E-state index contributed by atoms with van der Waals surface area (Å²) in [5.41, 5.74) is 5.47. The van der Waals surface area contributed by atoms with Crippen LogP contribution in [0.15, 0.2) is 108 Å². The number of rotatable bonds is 5. The summed E-state index contributed by atoms with van der Waals surface area (Å²) in [5.74, 6) is -3.91. The summed E-state index contributed by atoms with van der Waals surface area (Å²) >= 11 is 0. The van der Waals surface area contributed by atoms with Crippen LogP contribution in [0.3, 0.4) is 0 Å². The molecule has 202 valence electrons. The summed E-state index contributed by atoms with van der Waals surface area (Å²) in [6, 6.07) is 29.1. The monoisotopic (exact) mass is 545 g/mol. The van der Waals surface area contributed by atoms with Crippen molar-refractivity contribution in [3.8, 4) is 0 Å². The molecule has 0 unspecified atom stereocenters. The maximum atomic E-state index is 14.3. The number of anilines is 1. The summed E-state index contributed by atoms with van der Waals surface area (Å²) in [5, 5.41) is 14.9. The summed E-state index contributed by atoms with van der Waals surface area (Å²) in [6.45, 7) is 0. The van der Waals surface area contributed by atoms with E-state index in [2.05, 4.69) is 10.5 Å². The molecule has 0 radical (unpaired) electrons. The molecule has 4 aliphatic rings. The minimum atomic E-state index is -1.44. The molecule has 3 amide bonds. The molecule has 0 saturated carbocycles. The molecule has 1 fully saturated rings. The topological polar surface area (TPSA) is 99.1 Å². The van der Waals surface area contributed by atoms with Crippen LogP contribution in [0.5, 0.6) is 0 Å². The van der Waals surface area contributed by atoms with E-state index >= 15 is 0 Å². The number of halogens is 1. The fourth-order valence-electron chi connectivity index (χ4n) is 6.94. The van der Waals surface area contributed by atoms with Crippen molar-refractivity contribution in [2.45, 2.75) is 17.4 Å². The Balaban J connectivity index is 1.37. The van der Waals surface area contributed by atoms with Gasteiger partial charge >= 0.3 is 0 Å². The van der Waals surface area contributed by atoms with Crippen LogP contribution in [-0.2, 0) is 19.8 Å². The Labute approximate surface area is 234 Å². The lowest BCUT2D eigenvalue weighted by Gasteiger charge is -2.52. The largest absolute Gasteiger partial charge is 0.378 e. The second-order valence-electron chi connectivity index (χ2n) is 10.6. The molecule has 1 heterocycles. The zero-order valence-electron chi connectivity index (χ0n) is 21.6. The number of nitrogens with one attached hydrogen (secondary N) is 1. The zero-order chi connectivity index (χ0) is 28.3. The van der Waals surface area contributed by atoms with Crippen LogP contribution >= 0.6 is 0 Å². The number of carbonyl (C=O) groups excluding carboxylic acids is 3. The van der Waals surface area contributed by atoms with E-state index < -0.39 is 41.0 Å². The Kier molecular flexibility index (Phi) is 5.69. The number of carbonyl (C=O) groups is 3. The van der Waals surface area contributed by atoms with Gasteiger partial charge in [0.2, 0.25) is 11.8 Å². The number of hydrogen-bond donors (Lipinski definition) is 2. The molecule has 2 N–H and O–H groups in total. The smallest absolute Gasteiger partial charge is 0.273 e. The van der Waals surface area contributed by atoms with Crippen molar-refractivity contribution in [1.82, 2.24) is 5.43 Å². The van der Waals surface area contributed by atoms with Crippen LogP contribution in [0, 0.1) is 17.7 Å². The quantitative estimate of drug-likeness (QED) is 0.223. The van der Waals surface area contributed by atoms with E-state index in [1.54, 1.807) is 30.3 Å². The number of hydrogen-bond acceptors (Lipinski definition) is 5. The minimum absolute atomic E-state index is 0.301. The van der Waals surface area contributed by atoms with Crippen LogP contribution in [0.25, 0.3) is 0 Å². The molecule has 8 heteroatoms. The Morgan fingerprint density at radius 3 is 2.07 bits per heavy atom. The molecule has 1 aliphatic heterocycles. The lowest BCUT2D eigenvalue weighted by molar-refractivity contribution is -0.129. The lowest BCUT2D eigenvalue weighted by atomic mass is 9.47. The zero-order valence-corrected chi connectivity index (χ0v) is 21.6. The van der Waals surface area contributed by atoms with Gasteiger partial charge in [0.05, 0.1) is 22.9 Å². The van der Waals surface area contributed by atoms with E-state index in [0.717, 1.165) is 27.2 Å². The normalized spacial score (nSPS) is 24.6. The third-order valence-electron chi connectivity index (χ3n) is 8.58. The number of imide groups is 1. The van der Waals surface area contributed by atoms with Gasteiger partial charge in [-0.05, 0) is 52.1 Å². The van der Waals surface area contributed by atoms with E-state index in [4.69, 9.17) is 0 Å². The van der Waals surface area contributed by atoms with Crippen LogP contribution in [0.2, 0.25) is 0 Å². The summed E-state index contributed by atoms with van der Waals surface area (Å²) < 4.78 is 13.7.